The summed E-state index contributed by atoms with van der Waals surface area (Å²) < 4.78 is 0. The van der Waals surface area contributed by atoms with Crippen LogP contribution in [0, 0.1) is 0 Å². The normalized spacial score (nSPS) is 12.4. The van der Waals surface area contributed by atoms with Crippen molar-refractivity contribution >= 4 is 27.9 Å². The van der Waals surface area contributed by atoms with Crippen molar-refractivity contribution in [2.24, 2.45) is 0 Å². The minimum Gasteiger partial charge on any atom is -0.397 e. The molecule has 0 saturated carbocycles. The molecule has 0 fully saturated rings. The molecule has 0 aliphatic rings. The summed E-state index contributed by atoms with van der Waals surface area (Å²) in [5.74, 6) is -0.0795. The summed E-state index contributed by atoms with van der Waals surface area (Å²) in [7, 11) is 2.13. The van der Waals surface area contributed by atoms with Crippen LogP contribution in [0.15, 0.2) is 6.07 Å². The zero-order chi connectivity index (χ0) is 15.8. The number of thiophene rings is 1. The van der Waals surface area contributed by atoms with Gasteiger partial charge in [0.2, 0.25) is 0 Å². The molecule has 120 valence electrons. The molecule has 1 rings (SSSR count). The van der Waals surface area contributed by atoms with Gasteiger partial charge in [-0.1, -0.05) is 13.8 Å². The van der Waals surface area contributed by atoms with Crippen molar-refractivity contribution in [2.45, 2.75) is 39.7 Å². The molecule has 0 saturated heterocycles. The van der Waals surface area contributed by atoms with Gasteiger partial charge in [0.05, 0.1) is 10.7 Å². The number of nitrogen functional groups attached to an aromatic ring is 1. The molecule has 0 aliphatic heterocycles. The number of likely N-dealkylation sites (N-methyl/N-ethyl adjacent to an activating group) is 1. The summed E-state index contributed by atoms with van der Waals surface area (Å²) in [6, 6.07) is 2.42. The standard InChI is InChI=1S/C15H28N4OS/c1-5-7-18-15(20)14-12(16)10-13(21-14)17-8-9-19(4)11(3)6-2/h10-11,17H,5-9,16H2,1-4H3,(H,18,20). The molecule has 1 atom stereocenters. The molecule has 1 unspecified atom stereocenters. The van der Waals surface area contributed by atoms with E-state index in [-0.39, 0.29) is 5.91 Å². The van der Waals surface area contributed by atoms with Crippen LogP contribution in [0.3, 0.4) is 0 Å². The third-order valence-corrected chi connectivity index (χ3v) is 4.72. The number of nitrogens with one attached hydrogen (secondary N) is 2. The lowest BCUT2D eigenvalue weighted by Crippen LogP contribution is -2.32. The molecule has 1 amide bonds. The first-order chi connectivity index (χ1) is 9.99. The molecule has 4 N–H and O–H groups in total. The van der Waals surface area contributed by atoms with E-state index in [0.29, 0.717) is 23.2 Å². The van der Waals surface area contributed by atoms with Crippen LogP contribution in [0.4, 0.5) is 10.7 Å². The highest BCUT2D eigenvalue weighted by Gasteiger charge is 2.14. The highest BCUT2D eigenvalue weighted by molar-refractivity contribution is 7.18. The predicted octanol–water partition coefficient (Wildman–Crippen LogP) is 2.61. The highest BCUT2D eigenvalue weighted by atomic mass is 32.1. The van der Waals surface area contributed by atoms with Gasteiger partial charge in [-0.15, -0.1) is 11.3 Å². The SMILES string of the molecule is CCCNC(=O)c1sc(NCCN(C)C(C)CC)cc1N. The maximum atomic E-state index is 11.9. The molecule has 1 aromatic rings. The topological polar surface area (TPSA) is 70.4 Å². The molecular weight excluding hydrogens is 284 g/mol. The Hall–Kier alpha value is -1.27. The third kappa shape index (κ3) is 5.55. The van der Waals surface area contributed by atoms with Crippen molar-refractivity contribution in [3.63, 3.8) is 0 Å². The van der Waals surface area contributed by atoms with Crippen LogP contribution >= 0.6 is 11.3 Å². The van der Waals surface area contributed by atoms with Crippen LogP contribution in [-0.2, 0) is 0 Å². The number of amides is 1. The van der Waals surface area contributed by atoms with E-state index in [0.717, 1.165) is 30.9 Å². The second-order valence-corrected chi connectivity index (χ2v) is 6.37. The molecule has 1 aromatic heterocycles. The lowest BCUT2D eigenvalue weighted by Gasteiger charge is -2.23. The van der Waals surface area contributed by atoms with E-state index in [1.54, 1.807) is 0 Å². The number of carbonyl (C=O) groups is 1. The fourth-order valence-electron chi connectivity index (χ4n) is 1.88. The number of hydrogen-bond acceptors (Lipinski definition) is 5. The summed E-state index contributed by atoms with van der Waals surface area (Å²) in [5.41, 5.74) is 6.46. The Bertz CT molecular complexity index is 447. The summed E-state index contributed by atoms with van der Waals surface area (Å²) in [6.45, 7) is 8.92. The molecule has 5 nitrogen and oxygen atoms in total. The molecular formula is C15H28N4OS. The molecule has 1 heterocycles. The van der Waals surface area contributed by atoms with E-state index in [9.17, 15) is 4.79 Å². The Labute approximate surface area is 131 Å². The summed E-state index contributed by atoms with van der Waals surface area (Å²) in [4.78, 5) is 14.8. The minimum atomic E-state index is -0.0795. The molecule has 0 bridgehead atoms. The first-order valence-corrected chi connectivity index (χ1v) is 8.42. The second kappa shape index (κ2) is 8.89. The van der Waals surface area contributed by atoms with Gasteiger partial charge in [-0.2, -0.15) is 0 Å². The molecule has 0 aliphatic carbocycles. The van der Waals surface area contributed by atoms with Gasteiger partial charge in [0.15, 0.2) is 0 Å². The predicted molar refractivity (Wildman–Crippen MR) is 92.2 cm³/mol. The second-order valence-electron chi connectivity index (χ2n) is 5.32. The maximum Gasteiger partial charge on any atom is 0.263 e. The van der Waals surface area contributed by atoms with Gasteiger partial charge >= 0.3 is 0 Å². The van der Waals surface area contributed by atoms with Crippen LogP contribution in [0.25, 0.3) is 0 Å². The Morgan fingerprint density at radius 3 is 2.76 bits per heavy atom. The smallest absolute Gasteiger partial charge is 0.263 e. The average molecular weight is 312 g/mol. The Balaban J connectivity index is 2.48. The molecule has 21 heavy (non-hydrogen) atoms. The fourth-order valence-corrected chi connectivity index (χ4v) is 2.80. The fraction of sp³-hybridized carbons (Fsp3) is 0.667. The molecule has 0 spiro atoms. The molecule has 0 aromatic carbocycles. The van der Waals surface area contributed by atoms with Crippen LogP contribution in [-0.4, -0.2) is 43.5 Å². The van der Waals surface area contributed by atoms with Crippen molar-refractivity contribution in [2.75, 3.05) is 37.7 Å². The minimum absolute atomic E-state index is 0.0795. The Morgan fingerprint density at radius 1 is 1.43 bits per heavy atom. The van der Waals surface area contributed by atoms with E-state index >= 15 is 0 Å². The van der Waals surface area contributed by atoms with Crippen LogP contribution in [0.2, 0.25) is 0 Å². The third-order valence-electron chi connectivity index (χ3n) is 3.61. The Kier molecular flexibility index (Phi) is 7.53. The Morgan fingerprint density at radius 2 is 2.14 bits per heavy atom. The molecule has 0 radical (unpaired) electrons. The van der Waals surface area contributed by atoms with Crippen molar-refractivity contribution in [3.05, 3.63) is 10.9 Å². The largest absolute Gasteiger partial charge is 0.397 e. The van der Waals surface area contributed by atoms with Gasteiger partial charge < -0.3 is 21.3 Å². The van der Waals surface area contributed by atoms with Crippen LogP contribution in [0.5, 0.6) is 0 Å². The maximum absolute atomic E-state index is 11.9. The van der Waals surface area contributed by atoms with Gasteiger partial charge in [0.1, 0.15) is 4.88 Å². The summed E-state index contributed by atoms with van der Waals surface area (Å²) >= 11 is 1.42. The summed E-state index contributed by atoms with van der Waals surface area (Å²) in [5, 5.41) is 7.15. The van der Waals surface area contributed by atoms with E-state index in [2.05, 4.69) is 36.4 Å². The zero-order valence-electron chi connectivity index (χ0n) is 13.5. The zero-order valence-corrected chi connectivity index (χ0v) is 14.3. The first-order valence-electron chi connectivity index (χ1n) is 7.61. The van der Waals surface area contributed by atoms with E-state index in [4.69, 9.17) is 5.73 Å². The van der Waals surface area contributed by atoms with Crippen LogP contribution in [0.1, 0.15) is 43.3 Å². The van der Waals surface area contributed by atoms with Gasteiger partial charge in [-0.05, 0) is 32.9 Å². The average Bonchev–Trinajstić information content (AvgIpc) is 2.84. The first kappa shape index (κ1) is 17.8. The lowest BCUT2D eigenvalue weighted by atomic mass is 10.2. The quantitative estimate of drug-likeness (QED) is 0.655. The van der Waals surface area contributed by atoms with E-state index < -0.39 is 0 Å². The number of nitrogens with zero attached hydrogens (tertiary/aromatic N) is 1. The number of hydrogen-bond donors (Lipinski definition) is 3. The summed E-state index contributed by atoms with van der Waals surface area (Å²) in [6.07, 6.45) is 2.06. The van der Waals surface area contributed by atoms with Gasteiger partial charge in [0, 0.05) is 25.7 Å². The van der Waals surface area contributed by atoms with E-state index in [1.165, 1.54) is 11.3 Å². The highest BCUT2D eigenvalue weighted by Crippen LogP contribution is 2.28. The van der Waals surface area contributed by atoms with Crippen molar-refractivity contribution in [1.29, 1.82) is 0 Å². The monoisotopic (exact) mass is 312 g/mol. The number of anilines is 2. The number of rotatable bonds is 9. The lowest BCUT2D eigenvalue weighted by molar-refractivity contribution is 0.0958. The van der Waals surface area contributed by atoms with Crippen molar-refractivity contribution < 1.29 is 4.79 Å². The van der Waals surface area contributed by atoms with Gasteiger partial charge in [-0.25, -0.2) is 0 Å². The van der Waals surface area contributed by atoms with Gasteiger partial charge in [-0.3, -0.25) is 4.79 Å². The van der Waals surface area contributed by atoms with Crippen molar-refractivity contribution in [3.8, 4) is 0 Å². The van der Waals surface area contributed by atoms with Gasteiger partial charge in [0.25, 0.3) is 5.91 Å². The number of nitrogens with two attached hydrogens (primary N) is 1. The van der Waals surface area contributed by atoms with Crippen LogP contribution < -0.4 is 16.4 Å². The van der Waals surface area contributed by atoms with E-state index in [1.807, 2.05) is 13.0 Å². The molecule has 6 heteroatoms. The number of carbonyl (C=O) groups excluding carboxylic acids is 1. The van der Waals surface area contributed by atoms with Crippen molar-refractivity contribution in [1.82, 2.24) is 10.2 Å².